The van der Waals surface area contributed by atoms with Gasteiger partial charge >= 0.3 is 0 Å². The molecule has 16 heavy (non-hydrogen) atoms. The van der Waals surface area contributed by atoms with Gasteiger partial charge in [-0.1, -0.05) is 13.8 Å². The molecule has 1 aromatic rings. The molecule has 1 fully saturated rings. The number of anilines is 1. The minimum absolute atomic E-state index is 0.463. The molecule has 1 aliphatic carbocycles. The van der Waals surface area contributed by atoms with E-state index >= 15 is 0 Å². The van der Waals surface area contributed by atoms with Crippen LogP contribution >= 0.6 is 11.5 Å². The summed E-state index contributed by atoms with van der Waals surface area (Å²) in [7, 11) is 0. The summed E-state index contributed by atoms with van der Waals surface area (Å²) in [6, 6.07) is 2.22. The molecule has 0 saturated heterocycles. The van der Waals surface area contributed by atoms with Gasteiger partial charge in [0.1, 0.15) is 16.6 Å². The van der Waals surface area contributed by atoms with Gasteiger partial charge in [0.25, 0.3) is 0 Å². The van der Waals surface area contributed by atoms with Gasteiger partial charge in [0.15, 0.2) is 0 Å². The molecule has 0 radical (unpaired) electrons. The van der Waals surface area contributed by atoms with E-state index in [-0.39, 0.29) is 0 Å². The number of hydrogen-bond donors (Lipinski definition) is 1. The van der Waals surface area contributed by atoms with Crippen LogP contribution in [0.1, 0.15) is 37.9 Å². The molecule has 0 aromatic carbocycles. The Labute approximate surface area is 101 Å². The first-order valence-corrected chi connectivity index (χ1v) is 6.46. The second kappa shape index (κ2) is 4.06. The van der Waals surface area contributed by atoms with Crippen LogP contribution in [-0.2, 0) is 0 Å². The molecule has 1 aromatic heterocycles. The number of rotatable bonds is 4. The lowest BCUT2D eigenvalue weighted by Crippen LogP contribution is -2.20. The fourth-order valence-corrected chi connectivity index (χ4v) is 2.74. The van der Waals surface area contributed by atoms with Crippen LogP contribution in [0, 0.1) is 29.6 Å². The van der Waals surface area contributed by atoms with Gasteiger partial charge in [0.05, 0.1) is 5.69 Å². The maximum Gasteiger partial charge on any atom is 0.127 e. The van der Waals surface area contributed by atoms with Gasteiger partial charge in [-0.3, -0.25) is 0 Å². The lowest BCUT2D eigenvalue weighted by molar-refractivity contribution is 0.380. The fourth-order valence-electron chi connectivity index (χ4n) is 2.00. The van der Waals surface area contributed by atoms with E-state index in [0.29, 0.717) is 16.9 Å². The van der Waals surface area contributed by atoms with Gasteiger partial charge in [0, 0.05) is 6.54 Å². The molecule has 0 aliphatic heterocycles. The Bertz CT molecular complexity index is 424. The summed E-state index contributed by atoms with van der Waals surface area (Å²) in [5.74, 6) is 0.708. The van der Waals surface area contributed by atoms with Crippen molar-refractivity contribution in [3.05, 3.63) is 11.3 Å². The average Bonchev–Trinajstić information content (AvgIpc) is 2.96. The lowest BCUT2D eigenvalue weighted by atomic mass is 9.92. The third-order valence-electron chi connectivity index (χ3n) is 3.69. The van der Waals surface area contributed by atoms with Crippen molar-refractivity contribution in [2.75, 3.05) is 11.9 Å². The van der Waals surface area contributed by atoms with E-state index in [1.165, 1.54) is 24.4 Å². The summed E-state index contributed by atoms with van der Waals surface area (Å²) in [6.07, 6.45) is 2.61. The van der Waals surface area contributed by atoms with E-state index in [9.17, 15) is 0 Å². The number of aromatic nitrogens is 1. The van der Waals surface area contributed by atoms with Crippen molar-refractivity contribution < 1.29 is 0 Å². The normalized spacial score (nSPS) is 17.2. The molecule has 0 atom stereocenters. The van der Waals surface area contributed by atoms with Crippen molar-refractivity contribution in [1.82, 2.24) is 4.37 Å². The van der Waals surface area contributed by atoms with Crippen LogP contribution in [-0.4, -0.2) is 10.9 Å². The first-order chi connectivity index (χ1) is 7.59. The van der Waals surface area contributed by atoms with Crippen molar-refractivity contribution in [2.24, 2.45) is 11.3 Å². The maximum atomic E-state index is 9.02. The zero-order valence-corrected chi connectivity index (χ0v) is 10.8. The number of nitrogens with zero attached hydrogens (tertiary/aromatic N) is 2. The highest BCUT2D eigenvalue weighted by Gasteiger charge is 2.45. The summed E-state index contributed by atoms with van der Waals surface area (Å²) in [5, 5.41) is 13.4. The average molecular weight is 235 g/mol. The smallest absolute Gasteiger partial charge is 0.127 e. The molecule has 4 heteroatoms. The molecule has 0 spiro atoms. The van der Waals surface area contributed by atoms with Crippen LogP contribution in [0.3, 0.4) is 0 Å². The highest BCUT2D eigenvalue weighted by atomic mass is 32.1. The highest BCUT2D eigenvalue weighted by molar-refractivity contribution is 7.10. The van der Waals surface area contributed by atoms with Crippen LogP contribution in [0.4, 0.5) is 5.00 Å². The van der Waals surface area contributed by atoms with E-state index < -0.39 is 0 Å². The minimum atomic E-state index is 0.463. The van der Waals surface area contributed by atoms with Crippen molar-refractivity contribution in [3.63, 3.8) is 0 Å². The summed E-state index contributed by atoms with van der Waals surface area (Å²) in [6.45, 7) is 7.41. The van der Waals surface area contributed by atoms with Crippen molar-refractivity contribution in [1.29, 1.82) is 5.26 Å². The third kappa shape index (κ3) is 1.92. The molecule has 1 saturated carbocycles. The van der Waals surface area contributed by atoms with Crippen LogP contribution in [0.2, 0.25) is 0 Å². The van der Waals surface area contributed by atoms with Gasteiger partial charge in [0.2, 0.25) is 0 Å². The van der Waals surface area contributed by atoms with E-state index in [1.807, 2.05) is 6.92 Å². The van der Waals surface area contributed by atoms with E-state index in [1.54, 1.807) is 0 Å². The van der Waals surface area contributed by atoms with Crippen molar-refractivity contribution in [3.8, 4) is 6.07 Å². The number of aryl methyl sites for hydroxylation is 1. The van der Waals surface area contributed by atoms with Crippen molar-refractivity contribution >= 4 is 16.5 Å². The van der Waals surface area contributed by atoms with Gasteiger partial charge in [-0.25, -0.2) is 0 Å². The highest BCUT2D eigenvalue weighted by Crippen LogP contribution is 2.51. The van der Waals surface area contributed by atoms with Gasteiger partial charge < -0.3 is 5.32 Å². The molecule has 2 rings (SSSR count). The maximum absolute atomic E-state index is 9.02. The molecule has 0 amide bonds. The zero-order valence-electron chi connectivity index (χ0n) is 10.0. The Morgan fingerprint density at radius 1 is 1.56 bits per heavy atom. The molecule has 1 heterocycles. The Kier molecular flexibility index (Phi) is 2.90. The van der Waals surface area contributed by atoms with Gasteiger partial charge in [-0.2, -0.15) is 9.64 Å². The largest absolute Gasteiger partial charge is 0.374 e. The van der Waals surface area contributed by atoms with Gasteiger partial charge in [-0.15, -0.1) is 0 Å². The molecule has 1 aliphatic rings. The standard InChI is InChI=1S/C12H17N3S/c1-8(2)12(4-5-12)7-14-11-10(6-13)9(3)15-16-11/h8,14H,4-5,7H2,1-3H3. The van der Waals surface area contributed by atoms with Gasteiger partial charge in [-0.05, 0) is 42.6 Å². The van der Waals surface area contributed by atoms with Crippen LogP contribution in [0.25, 0.3) is 0 Å². The fraction of sp³-hybridized carbons (Fsp3) is 0.667. The molecule has 1 N–H and O–H groups in total. The Morgan fingerprint density at radius 2 is 2.25 bits per heavy atom. The predicted octanol–water partition coefficient (Wildman–Crippen LogP) is 3.17. The topological polar surface area (TPSA) is 48.7 Å². The van der Waals surface area contributed by atoms with Crippen LogP contribution < -0.4 is 5.32 Å². The van der Waals surface area contributed by atoms with Crippen molar-refractivity contribution in [2.45, 2.75) is 33.6 Å². The third-order valence-corrected chi connectivity index (χ3v) is 4.59. The Morgan fingerprint density at radius 3 is 2.75 bits per heavy atom. The second-order valence-electron chi connectivity index (χ2n) is 4.95. The van der Waals surface area contributed by atoms with E-state index in [0.717, 1.165) is 17.2 Å². The summed E-state index contributed by atoms with van der Waals surface area (Å²) < 4.78 is 4.21. The molecule has 0 unspecified atom stereocenters. The first kappa shape index (κ1) is 11.4. The molecule has 0 bridgehead atoms. The summed E-state index contributed by atoms with van der Waals surface area (Å²) in [5.41, 5.74) is 2.01. The SMILES string of the molecule is Cc1nsc(NCC2(C(C)C)CC2)c1C#N. The minimum Gasteiger partial charge on any atom is -0.374 e. The predicted molar refractivity (Wildman–Crippen MR) is 66.6 cm³/mol. The quantitative estimate of drug-likeness (QED) is 0.872. The molecular formula is C12H17N3S. The number of nitriles is 1. The zero-order chi connectivity index (χ0) is 11.8. The Hall–Kier alpha value is -1.08. The molecule has 86 valence electrons. The first-order valence-electron chi connectivity index (χ1n) is 5.69. The van der Waals surface area contributed by atoms with E-state index in [2.05, 4.69) is 29.6 Å². The lowest BCUT2D eigenvalue weighted by Gasteiger charge is -2.19. The molecular weight excluding hydrogens is 218 g/mol. The summed E-state index contributed by atoms with van der Waals surface area (Å²) in [4.78, 5) is 0. The van der Waals surface area contributed by atoms with Crippen LogP contribution in [0.15, 0.2) is 0 Å². The second-order valence-corrected chi connectivity index (χ2v) is 5.73. The van der Waals surface area contributed by atoms with E-state index in [4.69, 9.17) is 5.26 Å². The van der Waals surface area contributed by atoms with Crippen LogP contribution in [0.5, 0.6) is 0 Å². The Balaban J connectivity index is 2.03. The summed E-state index contributed by atoms with van der Waals surface area (Å²) >= 11 is 1.40. The molecule has 3 nitrogen and oxygen atoms in total. The number of nitrogens with one attached hydrogen (secondary N) is 1. The monoisotopic (exact) mass is 235 g/mol. The number of hydrogen-bond acceptors (Lipinski definition) is 4.